The maximum absolute atomic E-state index is 9.92. The molecule has 1 aromatic carbocycles. The summed E-state index contributed by atoms with van der Waals surface area (Å²) in [6.45, 7) is 1.58. The molecular formula is C12H18BrNO2. The molecule has 90 valence electrons. The van der Waals surface area contributed by atoms with E-state index < -0.39 is 6.10 Å². The van der Waals surface area contributed by atoms with Crippen LogP contribution in [0.5, 0.6) is 0 Å². The first-order valence-corrected chi connectivity index (χ1v) is 6.15. The van der Waals surface area contributed by atoms with E-state index in [1.165, 1.54) is 0 Å². The van der Waals surface area contributed by atoms with Gasteiger partial charge in [0.05, 0.1) is 12.7 Å². The summed E-state index contributed by atoms with van der Waals surface area (Å²) in [6.07, 6.45) is 0.243. The van der Waals surface area contributed by atoms with Crippen LogP contribution in [0.4, 0.5) is 0 Å². The van der Waals surface area contributed by atoms with Gasteiger partial charge in [0.15, 0.2) is 0 Å². The van der Waals surface area contributed by atoms with E-state index in [4.69, 9.17) is 5.11 Å². The third kappa shape index (κ3) is 4.61. The summed E-state index contributed by atoms with van der Waals surface area (Å²) in [5.41, 5.74) is 0.931. The van der Waals surface area contributed by atoms with Crippen molar-refractivity contribution >= 4 is 15.9 Å². The summed E-state index contributed by atoms with van der Waals surface area (Å²) in [4.78, 5) is 2.00. The molecule has 0 spiro atoms. The minimum absolute atomic E-state index is 0.158. The third-order valence-electron chi connectivity index (χ3n) is 2.52. The van der Waals surface area contributed by atoms with Gasteiger partial charge in [-0.05, 0) is 31.2 Å². The molecule has 0 fully saturated rings. The zero-order chi connectivity index (χ0) is 12.0. The lowest BCUT2D eigenvalue weighted by Crippen LogP contribution is -2.24. The van der Waals surface area contributed by atoms with Crippen molar-refractivity contribution in [2.75, 3.05) is 26.7 Å². The van der Waals surface area contributed by atoms with Crippen molar-refractivity contribution in [1.29, 1.82) is 0 Å². The first-order valence-electron chi connectivity index (χ1n) is 5.36. The van der Waals surface area contributed by atoms with Gasteiger partial charge >= 0.3 is 0 Å². The SMILES string of the molecule is CN(CCO)CCC(O)c1ccc(Br)cc1. The van der Waals surface area contributed by atoms with Crippen molar-refractivity contribution < 1.29 is 10.2 Å². The molecule has 4 heteroatoms. The number of likely N-dealkylation sites (N-methyl/N-ethyl adjacent to an activating group) is 1. The van der Waals surface area contributed by atoms with Crippen molar-refractivity contribution in [3.8, 4) is 0 Å². The summed E-state index contributed by atoms with van der Waals surface area (Å²) in [5.74, 6) is 0. The smallest absolute Gasteiger partial charge is 0.0802 e. The largest absolute Gasteiger partial charge is 0.395 e. The van der Waals surface area contributed by atoms with E-state index in [2.05, 4.69) is 15.9 Å². The molecule has 0 saturated heterocycles. The molecule has 16 heavy (non-hydrogen) atoms. The summed E-state index contributed by atoms with van der Waals surface area (Å²) in [7, 11) is 1.94. The van der Waals surface area contributed by atoms with Crippen molar-refractivity contribution in [3.05, 3.63) is 34.3 Å². The number of hydrogen-bond acceptors (Lipinski definition) is 3. The monoisotopic (exact) mass is 287 g/mol. The Morgan fingerprint density at radius 2 is 1.88 bits per heavy atom. The van der Waals surface area contributed by atoms with Gasteiger partial charge in [-0.3, -0.25) is 0 Å². The molecule has 0 radical (unpaired) electrons. The van der Waals surface area contributed by atoms with Gasteiger partial charge in [0.25, 0.3) is 0 Å². The van der Waals surface area contributed by atoms with E-state index in [1.807, 2.05) is 36.2 Å². The van der Waals surface area contributed by atoms with Crippen LogP contribution >= 0.6 is 15.9 Å². The lowest BCUT2D eigenvalue weighted by molar-refractivity contribution is 0.141. The van der Waals surface area contributed by atoms with Gasteiger partial charge in [0.2, 0.25) is 0 Å². The van der Waals surface area contributed by atoms with Crippen LogP contribution in [0.2, 0.25) is 0 Å². The Morgan fingerprint density at radius 1 is 1.25 bits per heavy atom. The molecule has 0 aliphatic heterocycles. The minimum atomic E-state index is -0.436. The number of rotatable bonds is 6. The molecule has 0 aromatic heterocycles. The van der Waals surface area contributed by atoms with Crippen molar-refractivity contribution in [2.45, 2.75) is 12.5 Å². The average molecular weight is 288 g/mol. The number of nitrogens with zero attached hydrogens (tertiary/aromatic N) is 1. The quantitative estimate of drug-likeness (QED) is 0.839. The number of hydrogen-bond donors (Lipinski definition) is 2. The first-order chi connectivity index (χ1) is 7.63. The minimum Gasteiger partial charge on any atom is -0.395 e. The van der Waals surface area contributed by atoms with Crippen LogP contribution in [0.15, 0.2) is 28.7 Å². The Bertz CT molecular complexity index is 302. The van der Waals surface area contributed by atoms with Crippen LogP contribution in [0.3, 0.4) is 0 Å². The van der Waals surface area contributed by atoms with Gasteiger partial charge in [-0.1, -0.05) is 28.1 Å². The summed E-state index contributed by atoms with van der Waals surface area (Å²) >= 11 is 3.36. The molecule has 2 N–H and O–H groups in total. The topological polar surface area (TPSA) is 43.7 Å². The van der Waals surface area contributed by atoms with Crippen LogP contribution in [-0.2, 0) is 0 Å². The van der Waals surface area contributed by atoms with Gasteiger partial charge in [0, 0.05) is 17.6 Å². The van der Waals surface area contributed by atoms with Crippen molar-refractivity contribution in [1.82, 2.24) is 4.90 Å². The maximum atomic E-state index is 9.92. The molecule has 0 aliphatic carbocycles. The van der Waals surface area contributed by atoms with Gasteiger partial charge in [0.1, 0.15) is 0 Å². The second-order valence-electron chi connectivity index (χ2n) is 3.88. The van der Waals surface area contributed by atoms with Crippen LogP contribution in [0.25, 0.3) is 0 Å². The highest BCUT2D eigenvalue weighted by atomic mass is 79.9. The fourth-order valence-corrected chi connectivity index (χ4v) is 1.74. The highest BCUT2D eigenvalue weighted by molar-refractivity contribution is 9.10. The van der Waals surface area contributed by atoms with Crippen LogP contribution in [0, 0.1) is 0 Å². The van der Waals surface area contributed by atoms with Crippen molar-refractivity contribution in [3.63, 3.8) is 0 Å². The number of halogens is 1. The molecule has 1 aromatic rings. The zero-order valence-corrected chi connectivity index (χ0v) is 11.0. The van der Waals surface area contributed by atoms with Gasteiger partial charge in [-0.15, -0.1) is 0 Å². The molecule has 3 nitrogen and oxygen atoms in total. The van der Waals surface area contributed by atoms with E-state index in [0.717, 1.165) is 16.6 Å². The lowest BCUT2D eigenvalue weighted by Gasteiger charge is -2.17. The van der Waals surface area contributed by atoms with Crippen LogP contribution < -0.4 is 0 Å². The molecule has 1 atom stereocenters. The Kier molecular flexibility index (Phi) is 5.98. The highest BCUT2D eigenvalue weighted by Gasteiger charge is 2.08. The molecule has 0 saturated carbocycles. The molecule has 1 rings (SSSR count). The van der Waals surface area contributed by atoms with E-state index in [9.17, 15) is 5.11 Å². The first kappa shape index (κ1) is 13.6. The van der Waals surface area contributed by atoms with Crippen LogP contribution in [-0.4, -0.2) is 41.9 Å². The summed E-state index contributed by atoms with van der Waals surface area (Å²) < 4.78 is 1.01. The molecule has 1 unspecified atom stereocenters. The highest BCUT2D eigenvalue weighted by Crippen LogP contribution is 2.19. The molecule has 0 aliphatic rings. The molecule has 0 bridgehead atoms. The maximum Gasteiger partial charge on any atom is 0.0802 e. The Hall–Kier alpha value is -0.420. The third-order valence-corrected chi connectivity index (χ3v) is 3.05. The standard InChI is InChI=1S/C12H18BrNO2/c1-14(8-9-15)7-6-12(16)10-2-4-11(13)5-3-10/h2-5,12,15-16H,6-9H2,1H3. The zero-order valence-electron chi connectivity index (χ0n) is 9.43. The summed E-state index contributed by atoms with van der Waals surface area (Å²) in [6, 6.07) is 7.69. The Balaban J connectivity index is 2.40. The Labute approximate surface area is 105 Å². The number of aliphatic hydroxyl groups is 2. The fraction of sp³-hybridized carbons (Fsp3) is 0.500. The molecular weight excluding hydrogens is 270 g/mol. The second kappa shape index (κ2) is 7.01. The molecule has 0 amide bonds. The fourth-order valence-electron chi connectivity index (χ4n) is 1.48. The number of aliphatic hydroxyl groups excluding tert-OH is 2. The predicted molar refractivity (Wildman–Crippen MR) is 68.3 cm³/mol. The van der Waals surface area contributed by atoms with E-state index >= 15 is 0 Å². The number of benzene rings is 1. The summed E-state index contributed by atoms with van der Waals surface area (Å²) in [5, 5.41) is 18.7. The average Bonchev–Trinajstić information content (AvgIpc) is 2.27. The van der Waals surface area contributed by atoms with Gasteiger partial charge < -0.3 is 15.1 Å². The molecule has 0 heterocycles. The van der Waals surface area contributed by atoms with E-state index in [0.29, 0.717) is 13.0 Å². The normalized spacial score (nSPS) is 13.1. The lowest BCUT2D eigenvalue weighted by atomic mass is 10.1. The van der Waals surface area contributed by atoms with Gasteiger partial charge in [-0.25, -0.2) is 0 Å². The van der Waals surface area contributed by atoms with E-state index in [-0.39, 0.29) is 6.61 Å². The van der Waals surface area contributed by atoms with E-state index in [1.54, 1.807) is 0 Å². The predicted octanol–water partition coefficient (Wildman–Crippen LogP) is 1.80. The second-order valence-corrected chi connectivity index (χ2v) is 4.80. The van der Waals surface area contributed by atoms with Crippen molar-refractivity contribution in [2.24, 2.45) is 0 Å². The Morgan fingerprint density at radius 3 is 2.44 bits per heavy atom. The van der Waals surface area contributed by atoms with Gasteiger partial charge in [-0.2, -0.15) is 0 Å². The van der Waals surface area contributed by atoms with Crippen LogP contribution in [0.1, 0.15) is 18.1 Å².